The number of amides is 2. The standard InChI is InChI=1S/C16H20N4O2/c1-11-18-15(22-20-11)8-9-17-16(21)19-14-7-6-12-4-2-3-5-13(12)10-14/h2-5,14H,6-10H2,1H3,(H2,17,19,21)/t14-/m1/s1. The fourth-order valence-electron chi connectivity index (χ4n) is 2.78. The van der Waals surface area contributed by atoms with Crippen molar-refractivity contribution >= 4 is 6.03 Å². The molecule has 0 aliphatic heterocycles. The molecule has 6 nitrogen and oxygen atoms in total. The molecule has 2 aromatic rings. The lowest BCUT2D eigenvalue weighted by Crippen LogP contribution is -2.45. The number of hydrogen-bond donors (Lipinski definition) is 2. The smallest absolute Gasteiger partial charge is 0.315 e. The fourth-order valence-corrected chi connectivity index (χ4v) is 2.78. The Bertz CT molecular complexity index is 653. The molecule has 1 aliphatic rings. The van der Waals surface area contributed by atoms with E-state index in [0.717, 1.165) is 19.3 Å². The molecule has 1 aromatic carbocycles. The van der Waals surface area contributed by atoms with Crippen LogP contribution in [0.1, 0.15) is 29.3 Å². The number of rotatable bonds is 4. The lowest BCUT2D eigenvalue weighted by Gasteiger charge is -2.25. The molecule has 1 atom stereocenters. The topological polar surface area (TPSA) is 80.0 Å². The maximum atomic E-state index is 11.9. The van der Waals surface area contributed by atoms with Gasteiger partial charge in [0.05, 0.1) is 0 Å². The fraction of sp³-hybridized carbons (Fsp3) is 0.438. The summed E-state index contributed by atoms with van der Waals surface area (Å²) in [6, 6.07) is 8.48. The van der Waals surface area contributed by atoms with E-state index in [0.29, 0.717) is 24.7 Å². The van der Waals surface area contributed by atoms with Gasteiger partial charge in [-0.15, -0.1) is 0 Å². The molecule has 0 unspecified atom stereocenters. The Morgan fingerprint density at radius 1 is 1.36 bits per heavy atom. The number of hydrogen-bond acceptors (Lipinski definition) is 4. The number of aromatic nitrogens is 2. The molecule has 6 heteroatoms. The summed E-state index contributed by atoms with van der Waals surface area (Å²) in [6.45, 7) is 2.25. The van der Waals surface area contributed by atoms with Crippen molar-refractivity contribution in [2.45, 2.75) is 38.6 Å². The predicted molar refractivity (Wildman–Crippen MR) is 81.5 cm³/mol. The lowest BCUT2D eigenvalue weighted by molar-refractivity contribution is 0.235. The molecule has 116 valence electrons. The van der Waals surface area contributed by atoms with E-state index in [4.69, 9.17) is 4.52 Å². The van der Waals surface area contributed by atoms with Crippen molar-refractivity contribution in [1.82, 2.24) is 20.8 Å². The van der Waals surface area contributed by atoms with E-state index < -0.39 is 0 Å². The van der Waals surface area contributed by atoms with Crippen molar-refractivity contribution in [3.63, 3.8) is 0 Å². The van der Waals surface area contributed by atoms with Crippen LogP contribution in [0.2, 0.25) is 0 Å². The number of nitrogens with zero attached hydrogens (tertiary/aromatic N) is 2. The lowest BCUT2D eigenvalue weighted by atomic mass is 9.88. The van der Waals surface area contributed by atoms with E-state index >= 15 is 0 Å². The van der Waals surface area contributed by atoms with Gasteiger partial charge in [0, 0.05) is 19.0 Å². The molecule has 1 heterocycles. The molecule has 3 rings (SSSR count). The van der Waals surface area contributed by atoms with Gasteiger partial charge in [0.15, 0.2) is 5.82 Å². The Labute approximate surface area is 129 Å². The second-order valence-electron chi connectivity index (χ2n) is 5.59. The number of fused-ring (bicyclic) bond motifs is 1. The van der Waals surface area contributed by atoms with Crippen LogP contribution in [0, 0.1) is 6.92 Å². The van der Waals surface area contributed by atoms with Crippen LogP contribution < -0.4 is 10.6 Å². The molecule has 2 amide bonds. The number of benzene rings is 1. The third-order valence-corrected chi connectivity index (χ3v) is 3.88. The summed E-state index contributed by atoms with van der Waals surface area (Å²) in [7, 11) is 0. The van der Waals surface area contributed by atoms with E-state index in [1.165, 1.54) is 11.1 Å². The SMILES string of the molecule is Cc1noc(CCNC(=O)N[C@@H]2CCc3ccccc3C2)n1. The summed E-state index contributed by atoms with van der Waals surface area (Å²) in [5.41, 5.74) is 2.73. The highest BCUT2D eigenvalue weighted by molar-refractivity contribution is 5.74. The molecule has 1 aromatic heterocycles. The molecule has 0 fully saturated rings. The number of aryl methyl sites for hydroxylation is 2. The van der Waals surface area contributed by atoms with E-state index in [2.05, 4.69) is 39.0 Å². The van der Waals surface area contributed by atoms with Gasteiger partial charge >= 0.3 is 6.03 Å². The first kappa shape index (κ1) is 14.6. The average molecular weight is 300 g/mol. The van der Waals surface area contributed by atoms with E-state index in [1.54, 1.807) is 6.92 Å². The van der Waals surface area contributed by atoms with Gasteiger partial charge in [0.2, 0.25) is 5.89 Å². The van der Waals surface area contributed by atoms with Crippen molar-refractivity contribution in [2.24, 2.45) is 0 Å². The maximum absolute atomic E-state index is 11.9. The van der Waals surface area contributed by atoms with E-state index in [9.17, 15) is 4.79 Å². The molecule has 22 heavy (non-hydrogen) atoms. The molecular formula is C16H20N4O2. The quantitative estimate of drug-likeness (QED) is 0.902. The Morgan fingerprint density at radius 3 is 2.95 bits per heavy atom. The number of urea groups is 1. The molecule has 0 saturated heterocycles. The number of nitrogens with one attached hydrogen (secondary N) is 2. The van der Waals surface area contributed by atoms with Crippen molar-refractivity contribution in [3.05, 3.63) is 47.1 Å². The van der Waals surface area contributed by atoms with Gasteiger partial charge < -0.3 is 15.2 Å². The van der Waals surface area contributed by atoms with Gasteiger partial charge in [-0.2, -0.15) is 4.98 Å². The average Bonchev–Trinajstić information content (AvgIpc) is 2.92. The second-order valence-corrected chi connectivity index (χ2v) is 5.59. The van der Waals surface area contributed by atoms with Crippen LogP contribution in [0.15, 0.2) is 28.8 Å². The van der Waals surface area contributed by atoms with Gasteiger partial charge in [-0.05, 0) is 37.3 Å². The van der Waals surface area contributed by atoms with Crippen LogP contribution >= 0.6 is 0 Å². The molecule has 0 saturated carbocycles. The van der Waals surface area contributed by atoms with Crippen molar-refractivity contribution in [2.75, 3.05) is 6.54 Å². The minimum absolute atomic E-state index is 0.138. The molecule has 1 aliphatic carbocycles. The summed E-state index contributed by atoms with van der Waals surface area (Å²) >= 11 is 0. The highest BCUT2D eigenvalue weighted by atomic mass is 16.5. The molecular weight excluding hydrogens is 280 g/mol. The first-order valence-electron chi connectivity index (χ1n) is 7.61. The second kappa shape index (κ2) is 6.60. The number of carbonyl (C=O) groups excluding carboxylic acids is 1. The van der Waals surface area contributed by atoms with Gasteiger partial charge in [-0.3, -0.25) is 0 Å². The zero-order valence-corrected chi connectivity index (χ0v) is 12.6. The third-order valence-electron chi connectivity index (χ3n) is 3.88. The molecule has 2 N–H and O–H groups in total. The van der Waals surface area contributed by atoms with E-state index in [-0.39, 0.29) is 12.1 Å². The van der Waals surface area contributed by atoms with Crippen LogP contribution in [0.25, 0.3) is 0 Å². The first-order chi connectivity index (χ1) is 10.7. The Kier molecular flexibility index (Phi) is 4.37. The van der Waals surface area contributed by atoms with E-state index in [1.807, 2.05) is 6.07 Å². The first-order valence-corrected chi connectivity index (χ1v) is 7.61. The largest absolute Gasteiger partial charge is 0.339 e. The summed E-state index contributed by atoms with van der Waals surface area (Å²) in [5.74, 6) is 1.16. The van der Waals surface area contributed by atoms with Gasteiger partial charge in [0.25, 0.3) is 0 Å². The van der Waals surface area contributed by atoms with Crippen molar-refractivity contribution in [1.29, 1.82) is 0 Å². The summed E-state index contributed by atoms with van der Waals surface area (Å²) in [4.78, 5) is 16.0. The van der Waals surface area contributed by atoms with Crippen LogP contribution in [0.3, 0.4) is 0 Å². The highest BCUT2D eigenvalue weighted by Gasteiger charge is 2.19. The Morgan fingerprint density at radius 2 is 2.18 bits per heavy atom. The third kappa shape index (κ3) is 3.63. The van der Waals surface area contributed by atoms with Crippen LogP contribution in [-0.4, -0.2) is 28.8 Å². The van der Waals surface area contributed by atoms with Crippen LogP contribution in [0.5, 0.6) is 0 Å². The predicted octanol–water partition coefficient (Wildman–Crippen LogP) is 1.78. The molecule has 0 radical (unpaired) electrons. The van der Waals surface area contributed by atoms with Crippen molar-refractivity contribution in [3.8, 4) is 0 Å². The monoisotopic (exact) mass is 300 g/mol. The summed E-state index contributed by atoms with van der Waals surface area (Å²) in [6.07, 6.45) is 3.43. The number of carbonyl (C=O) groups is 1. The molecule has 0 spiro atoms. The van der Waals surface area contributed by atoms with Crippen LogP contribution in [0.4, 0.5) is 4.79 Å². The minimum atomic E-state index is -0.138. The van der Waals surface area contributed by atoms with Crippen molar-refractivity contribution < 1.29 is 9.32 Å². The zero-order valence-electron chi connectivity index (χ0n) is 12.6. The summed E-state index contributed by atoms with van der Waals surface area (Å²) < 4.78 is 5.00. The Hall–Kier alpha value is -2.37. The van der Waals surface area contributed by atoms with Gasteiger partial charge in [0.1, 0.15) is 0 Å². The summed E-state index contributed by atoms with van der Waals surface area (Å²) in [5, 5.41) is 9.58. The zero-order chi connectivity index (χ0) is 15.4. The van der Waals surface area contributed by atoms with Gasteiger partial charge in [-0.25, -0.2) is 4.79 Å². The molecule has 0 bridgehead atoms. The minimum Gasteiger partial charge on any atom is -0.339 e. The normalized spacial score (nSPS) is 16.9. The van der Waals surface area contributed by atoms with Crippen LogP contribution in [-0.2, 0) is 19.3 Å². The highest BCUT2D eigenvalue weighted by Crippen LogP contribution is 2.20. The maximum Gasteiger partial charge on any atom is 0.315 e. The van der Waals surface area contributed by atoms with Gasteiger partial charge in [-0.1, -0.05) is 29.4 Å². The Balaban J connectivity index is 1.43.